The summed E-state index contributed by atoms with van der Waals surface area (Å²) in [6.07, 6.45) is 8.41. The van der Waals surface area contributed by atoms with Crippen LogP contribution < -0.4 is 10.6 Å². The first-order chi connectivity index (χ1) is 8.74. The maximum absolute atomic E-state index is 10.9. The molecule has 0 rings (SSSR count). The van der Waals surface area contributed by atoms with Gasteiger partial charge in [0.05, 0.1) is 13.7 Å². The molecule has 0 aromatic carbocycles. The smallest absolute Gasteiger partial charge is 0.305 e. The molecule has 0 bridgehead atoms. The monoisotopic (exact) mass is 381 g/mol. The molecule has 0 fully saturated rings. The number of ether oxygens (including phenoxy) is 1. The van der Waals surface area contributed by atoms with Crippen LogP contribution in [-0.2, 0) is 9.53 Å². The molecule has 0 radical (unpaired) electrons. The minimum atomic E-state index is -0.150. The molecular weight excluding hydrogens is 357 g/mol. The molecule has 2 N–H and O–H groups in total. The molecule has 0 heterocycles. The zero-order chi connectivity index (χ0) is 13.6. The maximum Gasteiger partial charge on any atom is 0.305 e. The van der Waals surface area contributed by atoms with Crippen molar-refractivity contribution in [2.24, 2.45) is 4.99 Å². The Kier molecular flexibility index (Phi) is 16.2. The number of esters is 1. The SMILES string of the molecule is C#CCNC(=NCCCCCC(=O)OC)NCC.I. The van der Waals surface area contributed by atoms with E-state index < -0.39 is 0 Å². The van der Waals surface area contributed by atoms with Crippen molar-refractivity contribution in [3.05, 3.63) is 0 Å². The van der Waals surface area contributed by atoms with Crippen LogP contribution in [0.1, 0.15) is 32.6 Å². The van der Waals surface area contributed by atoms with E-state index in [1.54, 1.807) is 0 Å². The van der Waals surface area contributed by atoms with Gasteiger partial charge in [-0.1, -0.05) is 12.3 Å². The largest absolute Gasteiger partial charge is 0.469 e. The number of nitrogens with zero attached hydrogens (tertiary/aromatic N) is 1. The summed E-state index contributed by atoms with van der Waals surface area (Å²) in [5, 5.41) is 6.12. The molecule has 0 unspecified atom stereocenters. The summed E-state index contributed by atoms with van der Waals surface area (Å²) in [5.74, 6) is 3.09. The van der Waals surface area contributed by atoms with Crippen LogP contribution in [-0.4, -0.2) is 38.7 Å². The molecule has 0 aliphatic carbocycles. The lowest BCUT2D eigenvalue weighted by molar-refractivity contribution is -0.140. The number of terminal acetylenes is 1. The lowest BCUT2D eigenvalue weighted by Gasteiger charge is -2.08. The normalized spacial score (nSPS) is 10.1. The van der Waals surface area contributed by atoms with Crippen molar-refractivity contribution in [3.63, 3.8) is 0 Å². The Hall–Kier alpha value is -0.970. The van der Waals surface area contributed by atoms with Crippen molar-refractivity contribution in [1.82, 2.24) is 10.6 Å². The molecule has 0 aromatic heterocycles. The fourth-order valence-electron chi connectivity index (χ4n) is 1.33. The van der Waals surface area contributed by atoms with Gasteiger partial charge in [0, 0.05) is 19.5 Å². The number of unbranched alkanes of at least 4 members (excludes halogenated alkanes) is 2. The van der Waals surface area contributed by atoms with Gasteiger partial charge in [-0.25, -0.2) is 0 Å². The zero-order valence-corrected chi connectivity index (χ0v) is 14.0. The van der Waals surface area contributed by atoms with E-state index in [0.717, 1.165) is 38.3 Å². The number of carbonyl (C=O) groups excluding carboxylic acids is 1. The van der Waals surface area contributed by atoms with Crippen LogP contribution in [0.15, 0.2) is 4.99 Å². The highest BCUT2D eigenvalue weighted by atomic mass is 127. The van der Waals surface area contributed by atoms with Crippen molar-refractivity contribution in [2.75, 3.05) is 26.7 Å². The molecule has 0 spiro atoms. The second kappa shape index (κ2) is 15.1. The number of guanidine groups is 1. The van der Waals surface area contributed by atoms with Crippen molar-refractivity contribution in [2.45, 2.75) is 32.6 Å². The van der Waals surface area contributed by atoms with E-state index in [9.17, 15) is 4.79 Å². The Balaban J connectivity index is 0. The maximum atomic E-state index is 10.9. The zero-order valence-electron chi connectivity index (χ0n) is 11.7. The molecule has 0 aliphatic heterocycles. The van der Waals surface area contributed by atoms with Gasteiger partial charge in [-0.05, 0) is 19.8 Å². The van der Waals surface area contributed by atoms with Gasteiger partial charge in [-0.3, -0.25) is 9.79 Å². The topological polar surface area (TPSA) is 62.7 Å². The van der Waals surface area contributed by atoms with Gasteiger partial charge >= 0.3 is 5.97 Å². The molecular formula is C13H24IN3O2. The number of methoxy groups -OCH3 is 1. The Labute approximate surface area is 133 Å². The van der Waals surface area contributed by atoms with E-state index in [4.69, 9.17) is 6.42 Å². The first kappa shape index (κ1) is 20.3. The fourth-order valence-corrected chi connectivity index (χ4v) is 1.33. The summed E-state index contributed by atoms with van der Waals surface area (Å²) >= 11 is 0. The number of aliphatic imine (C=N–C) groups is 1. The lowest BCUT2D eigenvalue weighted by atomic mass is 10.2. The van der Waals surface area contributed by atoms with Crippen LogP contribution >= 0.6 is 24.0 Å². The van der Waals surface area contributed by atoms with Gasteiger partial charge in [0.25, 0.3) is 0 Å². The summed E-state index contributed by atoms with van der Waals surface area (Å²) in [4.78, 5) is 15.2. The van der Waals surface area contributed by atoms with E-state index in [0.29, 0.717) is 13.0 Å². The van der Waals surface area contributed by atoms with Crippen LogP contribution in [0.5, 0.6) is 0 Å². The second-order valence-corrected chi connectivity index (χ2v) is 3.71. The van der Waals surface area contributed by atoms with Crippen LogP contribution in [0, 0.1) is 12.3 Å². The number of hydrogen-bond acceptors (Lipinski definition) is 3. The van der Waals surface area contributed by atoms with E-state index >= 15 is 0 Å². The minimum absolute atomic E-state index is 0. The molecule has 0 aliphatic rings. The Morgan fingerprint density at radius 2 is 2.05 bits per heavy atom. The summed E-state index contributed by atoms with van der Waals surface area (Å²) in [5.41, 5.74) is 0. The Bertz CT molecular complexity index is 301. The minimum Gasteiger partial charge on any atom is -0.469 e. The van der Waals surface area contributed by atoms with Crippen LogP contribution in [0.4, 0.5) is 0 Å². The van der Waals surface area contributed by atoms with Gasteiger partial charge in [-0.2, -0.15) is 0 Å². The van der Waals surface area contributed by atoms with E-state index in [1.807, 2.05) is 6.92 Å². The third kappa shape index (κ3) is 13.3. The molecule has 0 saturated carbocycles. The Morgan fingerprint density at radius 3 is 2.63 bits per heavy atom. The van der Waals surface area contributed by atoms with Crippen molar-refractivity contribution >= 4 is 35.9 Å². The summed E-state index contributed by atoms with van der Waals surface area (Å²) in [7, 11) is 1.41. The van der Waals surface area contributed by atoms with Crippen molar-refractivity contribution < 1.29 is 9.53 Å². The van der Waals surface area contributed by atoms with E-state index in [1.165, 1.54) is 7.11 Å². The molecule has 19 heavy (non-hydrogen) atoms. The first-order valence-electron chi connectivity index (χ1n) is 6.27. The molecule has 0 aromatic rings. The summed E-state index contributed by atoms with van der Waals surface area (Å²) < 4.78 is 4.57. The van der Waals surface area contributed by atoms with Crippen molar-refractivity contribution in [3.8, 4) is 12.3 Å². The van der Waals surface area contributed by atoms with Crippen molar-refractivity contribution in [1.29, 1.82) is 0 Å². The third-order valence-electron chi connectivity index (χ3n) is 2.24. The number of hydrogen-bond donors (Lipinski definition) is 2. The molecule has 0 atom stereocenters. The average molecular weight is 381 g/mol. The van der Waals surface area contributed by atoms with Crippen LogP contribution in [0.3, 0.4) is 0 Å². The quantitative estimate of drug-likeness (QED) is 0.167. The number of halogens is 1. The van der Waals surface area contributed by atoms with E-state index in [2.05, 4.69) is 26.3 Å². The highest BCUT2D eigenvalue weighted by molar-refractivity contribution is 14.0. The summed E-state index contributed by atoms with van der Waals surface area (Å²) in [6, 6.07) is 0. The third-order valence-corrected chi connectivity index (χ3v) is 2.24. The van der Waals surface area contributed by atoms with Crippen LogP contribution in [0.2, 0.25) is 0 Å². The number of rotatable bonds is 8. The highest BCUT2D eigenvalue weighted by Gasteiger charge is 1.99. The molecule has 110 valence electrons. The first-order valence-corrected chi connectivity index (χ1v) is 6.27. The average Bonchev–Trinajstić information content (AvgIpc) is 2.39. The second-order valence-electron chi connectivity index (χ2n) is 3.71. The molecule has 0 amide bonds. The summed E-state index contributed by atoms with van der Waals surface area (Å²) in [6.45, 7) is 4.00. The fraction of sp³-hybridized carbons (Fsp3) is 0.692. The Morgan fingerprint density at radius 1 is 1.32 bits per heavy atom. The molecule has 5 nitrogen and oxygen atoms in total. The standard InChI is InChI=1S/C13H23N3O2.HI/c1-4-10-15-13(14-5-2)16-11-8-6-7-9-12(17)18-3;/h1H,5-11H2,2-3H3,(H2,14,15,16);1H. The van der Waals surface area contributed by atoms with Gasteiger partial charge in [0.2, 0.25) is 0 Å². The van der Waals surface area contributed by atoms with E-state index in [-0.39, 0.29) is 29.9 Å². The molecule has 6 heteroatoms. The number of carbonyl (C=O) groups is 1. The van der Waals surface area contributed by atoms with Gasteiger partial charge in [0.15, 0.2) is 5.96 Å². The predicted molar refractivity (Wildman–Crippen MR) is 88.7 cm³/mol. The van der Waals surface area contributed by atoms with Gasteiger partial charge < -0.3 is 15.4 Å². The number of nitrogens with one attached hydrogen (secondary N) is 2. The van der Waals surface area contributed by atoms with Crippen LogP contribution in [0.25, 0.3) is 0 Å². The van der Waals surface area contributed by atoms with Gasteiger partial charge in [-0.15, -0.1) is 30.4 Å². The molecule has 0 saturated heterocycles. The highest BCUT2D eigenvalue weighted by Crippen LogP contribution is 2.01. The predicted octanol–water partition coefficient (Wildman–Crippen LogP) is 1.53. The lowest BCUT2D eigenvalue weighted by Crippen LogP contribution is -2.37. The van der Waals surface area contributed by atoms with Gasteiger partial charge in [0.1, 0.15) is 0 Å².